The first-order valence-corrected chi connectivity index (χ1v) is 5.81. The minimum absolute atomic E-state index is 0.0846. The fraction of sp³-hybridized carbons (Fsp3) is 0.556. The van der Waals surface area contributed by atoms with E-state index < -0.39 is 17.2 Å². The van der Waals surface area contributed by atoms with Gasteiger partial charge in [0.15, 0.2) is 0 Å². The first-order chi connectivity index (χ1) is 7.61. The van der Waals surface area contributed by atoms with E-state index >= 15 is 0 Å². The lowest BCUT2D eigenvalue weighted by Crippen LogP contribution is -2.28. The van der Waals surface area contributed by atoms with Crippen LogP contribution in [0, 0.1) is 0 Å². The van der Waals surface area contributed by atoms with Crippen LogP contribution in [0.15, 0.2) is 17.1 Å². The molecule has 1 aromatic rings. The summed E-state index contributed by atoms with van der Waals surface area (Å²) in [6.45, 7) is -0.0846. The van der Waals surface area contributed by atoms with Crippen molar-refractivity contribution in [2.45, 2.75) is 23.2 Å². The molecular weight excluding hydrogens is 233 g/mol. The Hall–Kier alpha value is -1.08. The molecule has 88 valence electrons. The molecule has 5 nitrogen and oxygen atoms in total. The number of hydrogen-bond donors (Lipinski definition) is 2. The van der Waals surface area contributed by atoms with Gasteiger partial charge in [0.25, 0.3) is 0 Å². The second-order valence-corrected chi connectivity index (χ2v) is 5.05. The number of aliphatic hydroxyl groups is 1. The summed E-state index contributed by atoms with van der Waals surface area (Å²) in [5.74, 6) is 0.123. The molecule has 3 atom stereocenters. The van der Waals surface area contributed by atoms with Gasteiger partial charge < -0.3 is 10.8 Å². The van der Waals surface area contributed by atoms with Gasteiger partial charge in [-0.15, -0.1) is 11.8 Å². The van der Waals surface area contributed by atoms with Gasteiger partial charge in [-0.1, -0.05) is 0 Å². The van der Waals surface area contributed by atoms with Crippen molar-refractivity contribution in [3.63, 3.8) is 0 Å². The molecule has 1 aliphatic rings. The Labute approximate surface area is 95.5 Å². The number of aliphatic hydroxyl groups excluding tert-OH is 1. The van der Waals surface area contributed by atoms with Crippen molar-refractivity contribution in [2.24, 2.45) is 0 Å². The molecule has 0 spiro atoms. The highest BCUT2D eigenvalue weighted by molar-refractivity contribution is 8.00. The second-order valence-electron chi connectivity index (χ2n) is 3.63. The van der Waals surface area contributed by atoms with Gasteiger partial charge >= 0.3 is 5.69 Å². The zero-order chi connectivity index (χ0) is 11.7. The third kappa shape index (κ3) is 2.05. The number of nitrogen functional groups attached to an aromatic ring is 1. The van der Waals surface area contributed by atoms with Crippen LogP contribution in [0.25, 0.3) is 0 Å². The van der Waals surface area contributed by atoms with Gasteiger partial charge in [0, 0.05) is 11.4 Å². The summed E-state index contributed by atoms with van der Waals surface area (Å²) in [4.78, 5) is 15.0. The topological polar surface area (TPSA) is 81.1 Å². The Morgan fingerprint density at radius 1 is 1.75 bits per heavy atom. The van der Waals surface area contributed by atoms with E-state index in [1.165, 1.54) is 28.6 Å². The van der Waals surface area contributed by atoms with Crippen molar-refractivity contribution in [1.29, 1.82) is 0 Å². The Kier molecular flexibility index (Phi) is 3.15. The number of anilines is 1. The molecule has 7 heteroatoms. The average molecular weight is 245 g/mol. The molecular formula is C9H12FN3O2S. The maximum Gasteiger partial charge on any atom is 0.350 e. The van der Waals surface area contributed by atoms with Crippen molar-refractivity contribution in [1.82, 2.24) is 9.55 Å². The number of nitrogens with zero attached hydrogens (tertiary/aromatic N) is 2. The smallest absolute Gasteiger partial charge is 0.350 e. The summed E-state index contributed by atoms with van der Waals surface area (Å²) >= 11 is 1.25. The van der Waals surface area contributed by atoms with Crippen molar-refractivity contribution in [3.05, 3.63) is 22.7 Å². The first-order valence-electron chi connectivity index (χ1n) is 4.87. The molecule has 0 bridgehead atoms. The molecule has 3 N–H and O–H groups in total. The lowest BCUT2D eigenvalue weighted by molar-refractivity contribution is 0.248. The number of alkyl halides is 1. The molecule has 16 heavy (non-hydrogen) atoms. The van der Waals surface area contributed by atoms with E-state index in [2.05, 4.69) is 4.98 Å². The van der Waals surface area contributed by atoms with E-state index in [9.17, 15) is 9.18 Å². The van der Waals surface area contributed by atoms with Gasteiger partial charge in [0.2, 0.25) is 0 Å². The number of thioether (sulfide) groups is 1. The number of aromatic nitrogens is 2. The molecule has 2 rings (SSSR count). The van der Waals surface area contributed by atoms with Gasteiger partial charge in [-0.25, -0.2) is 9.18 Å². The summed E-state index contributed by atoms with van der Waals surface area (Å²) in [5, 5.41) is 8.18. The first kappa shape index (κ1) is 11.4. The van der Waals surface area contributed by atoms with Crippen LogP contribution >= 0.6 is 11.8 Å². The largest absolute Gasteiger partial charge is 0.395 e. The summed E-state index contributed by atoms with van der Waals surface area (Å²) in [7, 11) is 0. The van der Waals surface area contributed by atoms with E-state index in [0.717, 1.165) is 0 Å². The van der Waals surface area contributed by atoms with Crippen LogP contribution in [0.5, 0.6) is 0 Å². The van der Waals surface area contributed by atoms with Crippen molar-refractivity contribution >= 4 is 17.6 Å². The lowest BCUT2D eigenvalue weighted by atomic mass is 10.2. The third-order valence-corrected chi connectivity index (χ3v) is 3.99. The molecule has 2 heterocycles. The molecule has 0 aromatic carbocycles. The molecule has 0 saturated carbocycles. The summed E-state index contributed by atoms with van der Waals surface area (Å²) in [6, 6.07) is 1.46. The Balaban J connectivity index is 2.28. The Morgan fingerprint density at radius 3 is 3.06 bits per heavy atom. The van der Waals surface area contributed by atoms with Gasteiger partial charge in [0.05, 0.1) is 6.61 Å². The van der Waals surface area contributed by atoms with E-state index in [1.54, 1.807) is 0 Å². The zero-order valence-corrected chi connectivity index (χ0v) is 9.23. The van der Waals surface area contributed by atoms with E-state index in [0.29, 0.717) is 0 Å². The van der Waals surface area contributed by atoms with E-state index in [-0.39, 0.29) is 24.1 Å². The summed E-state index contributed by atoms with van der Waals surface area (Å²) in [5.41, 5.74) is 4.79. The van der Waals surface area contributed by atoms with Gasteiger partial charge in [-0.3, -0.25) is 4.57 Å². The maximum atomic E-state index is 13.6. The highest BCUT2D eigenvalue weighted by atomic mass is 32.2. The SMILES string of the molecule is Nc1ccn([C@H]2S[C@@H](CO)C[C@@H]2F)c(=O)n1. The number of hydrogen-bond acceptors (Lipinski definition) is 5. The lowest BCUT2D eigenvalue weighted by Gasteiger charge is -2.14. The predicted octanol–water partition coefficient (Wildman–Crippen LogP) is 0.160. The highest BCUT2D eigenvalue weighted by Gasteiger charge is 2.36. The van der Waals surface area contributed by atoms with E-state index in [1.807, 2.05) is 0 Å². The van der Waals surface area contributed by atoms with Crippen molar-refractivity contribution < 1.29 is 9.50 Å². The van der Waals surface area contributed by atoms with Crippen LogP contribution in [-0.2, 0) is 0 Å². The molecule has 1 aromatic heterocycles. The van der Waals surface area contributed by atoms with Gasteiger partial charge in [0.1, 0.15) is 17.4 Å². The minimum Gasteiger partial charge on any atom is -0.395 e. The van der Waals surface area contributed by atoms with Crippen LogP contribution in [0.1, 0.15) is 11.8 Å². The molecule has 1 fully saturated rings. The van der Waals surface area contributed by atoms with Crippen LogP contribution < -0.4 is 11.4 Å². The number of nitrogens with two attached hydrogens (primary N) is 1. The monoisotopic (exact) mass is 245 g/mol. The molecule has 0 radical (unpaired) electrons. The van der Waals surface area contributed by atoms with Gasteiger partial charge in [-0.2, -0.15) is 4.98 Å². The van der Waals surface area contributed by atoms with Crippen LogP contribution in [0.2, 0.25) is 0 Å². The quantitative estimate of drug-likeness (QED) is 0.775. The average Bonchev–Trinajstić information content (AvgIpc) is 2.60. The van der Waals surface area contributed by atoms with E-state index in [4.69, 9.17) is 10.8 Å². The molecule has 0 unspecified atom stereocenters. The molecule has 1 aliphatic heterocycles. The number of halogens is 1. The van der Waals surface area contributed by atoms with Crippen LogP contribution in [0.3, 0.4) is 0 Å². The second kappa shape index (κ2) is 4.42. The van der Waals surface area contributed by atoms with Crippen molar-refractivity contribution in [3.8, 4) is 0 Å². The Morgan fingerprint density at radius 2 is 2.50 bits per heavy atom. The van der Waals surface area contributed by atoms with Crippen LogP contribution in [0.4, 0.5) is 10.2 Å². The summed E-state index contributed by atoms with van der Waals surface area (Å²) < 4.78 is 14.9. The highest BCUT2D eigenvalue weighted by Crippen LogP contribution is 2.42. The zero-order valence-electron chi connectivity index (χ0n) is 8.41. The molecule has 1 saturated heterocycles. The molecule has 0 aliphatic carbocycles. The minimum atomic E-state index is -1.15. The fourth-order valence-electron chi connectivity index (χ4n) is 1.68. The molecule has 0 amide bonds. The summed E-state index contributed by atoms with van der Waals surface area (Å²) in [6.07, 6.45) is 0.544. The normalized spacial score (nSPS) is 29.5. The Bertz CT molecular complexity index is 439. The maximum absolute atomic E-state index is 13.6. The van der Waals surface area contributed by atoms with Crippen molar-refractivity contribution in [2.75, 3.05) is 12.3 Å². The third-order valence-electron chi connectivity index (χ3n) is 2.46. The standard InChI is InChI=1S/C9H12FN3O2S/c10-6-3-5(4-14)16-8(6)13-2-1-7(11)12-9(13)15/h1-2,5-6,8,14H,3-4H2,(H2,11,12,15)/t5-,6+,8+/m1/s1. The van der Waals surface area contributed by atoms with Gasteiger partial charge in [-0.05, 0) is 12.5 Å². The predicted molar refractivity (Wildman–Crippen MR) is 59.9 cm³/mol. The number of rotatable bonds is 2. The fourth-order valence-corrected chi connectivity index (χ4v) is 3.03. The van der Waals surface area contributed by atoms with Crippen LogP contribution in [-0.4, -0.2) is 32.7 Å².